The molecule has 0 heterocycles. The lowest BCUT2D eigenvalue weighted by atomic mass is 10.1. The first kappa shape index (κ1) is 17.5. The molecule has 0 unspecified atom stereocenters. The van der Waals surface area contributed by atoms with E-state index in [4.69, 9.17) is 17.2 Å². The molecule has 1 aromatic carbocycles. The van der Waals surface area contributed by atoms with E-state index in [0.717, 1.165) is 0 Å². The van der Waals surface area contributed by atoms with E-state index in [1.54, 1.807) is 24.3 Å². The number of nitrogens with two attached hydrogens (primary N) is 3. The quantitative estimate of drug-likeness (QED) is 0.570. The molecule has 1 amide bonds. The Bertz CT molecular complexity index is 562. The van der Waals surface area contributed by atoms with Crippen molar-refractivity contribution in [3.63, 3.8) is 0 Å². The second-order valence-electron chi connectivity index (χ2n) is 5.45. The van der Waals surface area contributed by atoms with Gasteiger partial charge in [0.15, 0.2) is 5.96 Å². The van der Waals surface area contributed by atoms with Crippen molar-refractivity contribution in [1.82, 2.24) is 4.90 Å². The van der Waals surface area contributed by atoms with Gasteiger partial charge in [-0.05, 0) is 52.0 Å². The average Bonchev–Trinajstić information content (AvgIpc) is 2.37. The fraction of sp³-hybridized carbons (Fsp3) is 0.400. The van der Waals surface area contributed by atoms with Crippen molar-refractivity contribution >= 4 is 23.5 Å². The van der Waals surface area contributed by atoms with Crippen LogP contribution in [-0.4, -0.2) is 34.8 Å². The second kappa shape index (κ2) is 7.44. The number of amides is 1. The molecule has 0 radical (unpaired) electrons. The standard InChI is InChI=1S/C15H24N6O/c1-9(2)21(10(3)4)13(22)11-5-7-12(8-6-11)19-15(18)20-14(16)17/h5-10H,1-4H3,(H6,16,17,18,19,20). The summed E-state index contributed by atoms with van der Waals surface area (Å²) in [7, 11) is 0. The zero-order valence-corrected chi connectivity index (χ0v) is 13.4. The predicted molar refractivity (Wildman–Crippen MR) is 90.0 cm³/mol. The highest BCUT2D eigenvalue weighted by Crippen LogP contribution is 2.17. The molecule has 0 aliphatic carbocycles. The maximum atomic E-state index is 12.5. The number of rotatable bonds is 4. The Balaban J connectivity index is 2.98. The zero-order chi connectivity index (χ0) is 16.9. The van der Waals surface area contributed by atoms with E-state index < -0.39 is 0 Å². The van der Waals surface area contributed by atoms with E-state index in [2.05, 4.69) is 9.98 Å². The summed E-state index contributed by atoms with van der Waals surface area (Å²) in [5, 5.41) is 0. The predicted octanol–water partition coefficient (Wildman–Crippen LogP) is 1.17. The Morgan fingerprint density at radius 2 is 1.50 bits per heavy atom. The van der Waals surface area contributed by atoms with Crippen LogP contribution >= 0.6 is 0 Å². The van der Waals surface area contributed by atoms with E-state index >= 15 is 0 Å². The lowest BCUT2D eigenvalue weighted by molar-refractivity contribution is 0.0644. The number of carbonyl (C=O) groups is 1. The number of hydrogen-bond donors (Lipinski definition) is 3. The van der Waals surface area contributed by atoms with Crippen LogP contribution in [0.15, 0.2) is 34.3 Å². The van der Waals surface area contributed by atoms with Crippen LogP contribution < -0.4 is 17.2 Å². The van der Waals surface area contributed by atoms with Crippen LogP contribution in [0.1, 0.15) is 38.1 Å². The SMILES string of the molecule is CC(C)N(C(=O)c1ccc(N=C(N)N=C(N)N)cc1)C(C)C. The molecule has 22 heavy (non-hydrogen) atoms. The van der Waals surface area contributed by atoms with Gasteiger partial charge in [0.1, 0.15) is 0 Å². The first-order valence-corrected chi connectivity index (χ1v) is 7.09. The van der Waals surface area contributed by atoms with Crippen molar-refractivity contribution in [3.05, 3.63) is 29.8 Å². The largest absolute Gasteiger partial charge is 0.370 e. The van der Waals surface area contributed by atoms with E-state index in [9.17, 15) is 4.79 Å². The van der Waals surface area contributed by atoms with Crippen molar-refractivity contribution < 1.29 is 4.79 Å². The summed E-state index contributed by atoms with van der Waals surface area (Å²) >= 11 is 0. The van der Waals surface area contributed by atoms with Gasteiger partial charge in [-0.1, -0.05) is 0 Å². The Hall–Kier alpha value is -2.57. The molecule has 0 bridgehead atoms. The van der Waals surface area contributed by atoms with Crippen molar-refractivity contribution in [2.24, 2.45) is 27.2 Å². The molecule has 0 atom stereocenters. The van der Waals surface area contributed by atoms with Crippen LogP contribution in [0.25, 0.3) is 0 Å². The molecule has 7 heteroatoms. The maximum Gasteiger partial charge on any atom is 0.254 e. The molecule has 0 fully saturated rings. The third-order valence-corrected chi connectivity index (χ3v) is 2.95. The number of nitrogens with zero attached hydrogens (tertiary/aromatic N) is 3. The lowest BCUT2D eigenvalue weighted by Gasteiger charge is -2.30. The first-order chi connectivity index (χ1) is 10.2. The highest BCUT2D eigenvalue weighted by atomic mass is 16.2. The molecule has 6 N–H and O–H groups in total. The average molecular weight is 304 g/mol. The minimum absolute atomic E-state index is 0.0160. The van der Waals surface area contributed by atoms with Gasteiger partial charge >= 0.3 is 0 Å². The topological polar surface area (TPSA) is 123 Å². The fourth-order valence-corrected chi connectivity index (χ4v) is 2.18. The molecule has 0 saturated heterocycles. The van der Waals surface area contributed by atoms with E-state index in [0.29, 0.717) is 11.3 Å². The normalized spacial score (nSPS) is 11.6. The summed E-state index contributed by atoms with van der Waals surface area (Å²) < 4.78 is 0. The highest BCUT2D eigenvalue weighted by molar-refractivity contribution is 5.95. The monoisotopic (exact) mass is 304 g/mol. The lowest BCUT2D eigenvalue weighted by Crippen LogP contribution is -2.42. The van der Waals surface area contributed by atoms with E-state index in [1.807, 2.05) is 32.6 Å². The van der Waals surface area contributed by atoms with Crippen LogP contribution in [0.5, 0.6) is 0 Å². The van der Waals surface area contributed by atoms with Gasteiger partial charge in [0.25, 0.3) is 5.91 Å². The van der Waals surface area contributed by atoms with Gasteiger partial charge in [0, 0.05) is 17.6 Å². The third kappa shape index (κ3) is 4.76. The van der Waals surface area contributed by atoms with Crippen LogP contribution in [0.3, 0.4) is 0 Å². The number of hydrogen-bond acceptors (Lipinski definition) is 2. The molecule has 120 valence electrons. The van der Waals surface area contributed by atoms with Gasteiger partial charge in [-0.25, -0.2) is 4.99 Å². The summed E-state index contributed by atoms with van der Waals surface area (Å²) in [5.74, 6) is -0.208. The van der Waals surface area contributed by atoms with Gasteiger partial charge in [-0.15, -0.1) is 0 Å². The van der Waals surface area contributed by atoms with Gasteiger partial charge in [-0.3, -0.25) is 4.79 Å². The second-order valence-corrected chi connectivity index (χ2v) is 5.45. The van der Waals surface area contributed by atoms with Crippen LogP contribution in [0.2, 0.25) is 0 Å². The summed E-state index contributed by atoms with van der Waals surface area (Å²) in [6.07, 6.45) is 0. The van der Waals surface area contributed by atoms with Crippen LogP contribution in [0, 0.1) is 0 Å². The summed E-state index contributed by atoms with van der Waals surface area (Å²) in [6.45, 7) is 7.97. The maximum absolute atomic E-state index is 12.5. The molecule has 0 aromatic heterocycles. The molecule has 1 rings (SSSR count). The van der Waals surface area contributed by atoms with Gasteiger partial charge in [0.05, 0.1) is 5.69 Å². The highest BCUT2D eigenvalue weighted by Gasteiger charge is 2.21. The van der Waals surface area contributed by atoms with Gasteiger partial charge in [-0.2, -0.15) is 4.99 Å². The number of guanidine groups is 2. The van der Waals surface area contributed by atoms with Crippen molar-refractivity contribution in [3.8, 4) is 0 Å². The molecule has 7 nitrogen and oxygen atoms in total. The van der Waals surface area contributed by atoms with Crippen molar-refractivity contribution in [2.45, 2.75) is 39.8 Å². The Morgan fingerprint density at radius 1 is 1.00 bits per heavy atom. The Morgan fingerprint density at radius 3 is 1.91 bits per heavy atom. The molecular formula is C15H24N6O. The minimum Gasteiger partial charge on any atom is -0.370 e. The molecule has 0 saturated carbocycles. The fourth-order valence-electron chi connectivity index (χ4n) is 2.18. The van der Waals surface area contributed by atoms with Crippen molar-refractivity contribution in [1.29, 1.82) is 0 Å². The molecule has 0 aliphatic heterocycles. The Labute approximate surface area is 130 Å². The summed E-state index contributed by atoms with van der Waals surface area (Å²) in [4.78, 5) is 22.0. The van der Waals surface area contributed by atoms with E-state index in [1.165, 1.54) is 0 Å². The van der Waals surface area contributed by atoms with Crippen LogP contribution in [0.4, 0.5) is 5.69 Å². The number of carbonyl (C=O) groups excluding carboxylic acids is 1. The number of benzene rings is 1. The molecular weight excluding hydrogens is 280 g/mol. The van der Waals surface area contributed by atoms with Gasteiger partial charge < -0.3 is 22.1 Å². The Kier molecular flexibility index (Phi) is 5.91. The minimum atomic E-state index is -0.155. The summed E-state index contributed by atoms with van der Waals surface area (Å²) in [6, 6.07) is 7.07. The molecule has 1 aromatic rings. The zero-order valence-electron chi connectivity index (χ0n) is 13.4. The van der Waals surface area contributed by atoms with Crippen molar-refractivity contribution in [2.75, 3.05) is 0 Å². The molecule has 0 spiro atoms. The first-order valence-electron chi connectivity index (χ1n) is 7.09. The third-order valence-electron chi connectivity index (χ3n) is 2.95. The van der Waals surface area contributed by atoms with Crippen LogP contribution in [-0.2, 0) is 0 Å². The smallest absolute Gasteiger partial charge is 0.254 e. The summed E-state index contributed by atoms with van der Waals surface area (Å²) in [5.41, 5.74) is 17.2. The van der Waals surface area contributed by atoms with Gasteiger partial charge in [0.2, 0.25) is 5.96 Å². The molecule has 0 aliphatic rings. The van der Waals surface area contributed by atoms with E-state index in [-0.39, 0.29) is 29.9 Å². The number of aliphatic imine (C=N–C) groups is 2.